The van der Waals surface area contributed by atoms with Gasteiger partial charge in [-0.2, -0.15) is 0 Å². The van der Waals surface area contributed by atoms with Crippen LogP contribution in [0, 0.1) is 16.7 Å². The third kappa shape index (κ3) is 3.68. The molecule has 0 spiro atoms. The summed E-state index contributed by atoms with van der Waals surface area (Å²) in [7, 11) is 0. The average Bonchev–Trinajstić information content (AvgIpc) is 3.05. The van der Waals surface area contributed by atoms with Crippen LogP contribution in [0.4, 0.5) is 5.69 Å². The van der Waals surface area contributed by atoms with Crippen molar-refractivity contribution in [2.45, 2.75) is 52.7 Å². The Hall–Kier alpha value is -1.82. The molecule has 5 nitrogen and oxygen atoms in total. The number of aromatic hydroxyl groups is 2. The summed E-state index contributed by atoms with van der Waals surface area (Å²) in [6.45, 7) is 6.84. The summed E-state index contributed by atoms with van der Waals surface area (Å²) in [5, 5.41) is 24.2. The summed E-state index contributed by atoms with van der Waals surface area (Å²) in [6.07, 6.45) is 2.84. The summed E-state index contributed by atoms with van der Waals surface area (Å²) >= 11 is 18.3. The molecule has 172 valence electrons. The maximum Gasteiger partial charge on any atom is 0.342 e. The Morgan fingerprint density at radius 2 is 1.88 bits per heavy atom. The van der Waals surface area contributed by atoms with Gasteiger partial charge in [-0.15, -0.1) is 0 Å². The number of carbonyl (C=O) groups is 1. The Balaban J connectivity index is 1.49. The molecule has 8 heteroatoms. The van der Waals surface area contributed by atoms with Gasteiger partial charge in [0.15, 0.2) is 5.75 Å². The van der Waals surface area contributed by atoms with Crippen molar-refractivity contribution in [1.29, 1.82) is 0 Å². The van der Waals surface area contributed by atoms with Crippen molar-refractivity contribution in [3.05, 3.63) is 50.5 Å². The largest absolute Gasteiger partial charge is 0.506 e. The second-order valence-electron chi connectivity index (χ2n) is 9.58. The monoisotopic (exact) mass is 497 g/mol. The number of hydrogen-bond acceptors (Lipinski definition) is 5. The number of benzene rings is 2. The molecule has 3 unspecified atom stereocenters. The molecule has 4 rings (SSSR count). The highest BCUT2D eigenvalue weighted by molar-refractivity contribution is 6.36. The Kier molecular flexibility index (Phi) is 5.98. The lowest BCUT2D eigenvalue weighted by Crippen LogP contribution is -2.38. The zero-order valence-electron chi connectivity index (χ0n) is 18.1. The van der Waals surface area contributed by atoms with Crippen molar-refractivity contribution >= 4 is 46.5 Å². The highest BCUT2D eigenvalue weighted by Crippen LogP contribution is 2.66. The lowest BCUT2D eigenvalue weighted by Gasteiger charge is -2.38. The maximum absolute atomic E-state index is 12.9. The summed E-state index contributed by atoms with van der Waals surface area (Å²) < 4.78 is 5.88. The van der Waals surface area contributed by atoms with Gasteiger partial charge < -0.3 is 20.3 Å². The molecular formula is C24H26Cl3NO4. The quantitative estimate of drug-likeness (QED) is 0.385. The van der Waals surface area contributed by atoms with Gasteiger partial charge in [0.05, 0.1) is 10.7 Å². The lowest BCUT2D eigenvalue weighted by atomic mass is 9.70. The minimum Gasteiger partial charge on any atom is -0.506 e. The van der Waals surface area contributed by atoms with Crippen LogP contribution in [0.2, 0.25) is 15.1 Å². The van der Waals surface area contributed by atoms with Gasteiger partial charge in [-0.05, 0) is 54.9 Å². The first-order chi connectivity index (χ1) is 15.0. The van der Waals surface area contributed by atoms with Gasteiger partial charge in [-0.3, -0.25) is 0 Å². The number of hydrogen-bond donors (Lipinski definition) is 3. The third-order valence-corrected chi connectivity index (χ3v) is 8.76. The van der Waals surface area contributed by atoms with Crippen LogP contribution in [-0.4, -0.2) is 22.3 Å². The minimum atomic E-state index is -0.579. The molecule has 0 aliphatic heterocycles. The van der Waals surface area contributed by atoms with Gasteiger partial charge in [-0.1, -0.05) is 55.6 Å². The fourth-order valence-electron chi connectivity index (χ4n) is 5.31. The van der Waals surface area contributed by atoms with Gasteiger partial charge in [0.25, 0.3) is 0 Å². The number of phenolic OH excluding ortho intramolecular Hbond substituents is 2. The molecular weight excluding hydrogens is 473 g/mol. The van der Waals surface area contributed by atoms with Crippen LogP contribution in [0.1, 0.15) is 56.0 Å². The lowest BCUT2D eigenvalue weighted by molar-refractivity contribution is -0.0244. The zero-order chi connectivity index (χ0) is 23.4. The molecule has 0 aromatic heterocycles. The van der Waals surface area contributed by atoms with Crippen LogP contribution in [0.15, 0.2) is 24.3 Å². The first-order valence-electron chi connectivity index (χ1n) is 10.6. The summed E-state index contributed by atoms with van der Waals surface area (Å²) in [6, 6.07) is 6.09. The van der Waals surface area contributed by atoms with E-state index in [4.69, 9.17) is 39.5 Å². The van der Waals surface area contributed by atoms with Crippen LogP contribution in [0.3, 0.4) is 0 Å². The van der Waals surface area contributed by atoms with E-state index in [0.29, 0.717) is 22.2 Å². The molecule has 3 N–H and O–H groups in total. The van der Waals surface area contributed by atoms with E-state index in [-0.39, 0.29) is 50.6 Å². The van der Waals surface area contributed by atoms with E-state index in [0.717, 1.165) is 19.3 Å². The van der Waals surface area contributed by atoms with Crippen LogP contribution in [-0.2, 0) is 11.3 Å². The number of esters is 1. The fourth-order valence-corrected chi connectivity index (χ4v) is 6.08. The van der Waals surface area contributed by atoms with E-state index in [2.05, 4.69) is 26.1 Å². The minimum absolute atomic E-state index is 0.00782. The highest BCUT2D eigenvalue weighted by atomic mass is 35.5. The fraction of sp³-hybridized carbons (Fsp3) is 0.458. The first-order valence-corrected chi connectivity index (χ1v) is 11.7. The van der Waals surface area contributed by atoms with Crippen molar-refractivity contribution in [3.8, 4) is 11.5 Å². The number of phenols is 2. The Labute approximate surface area is 202 Å². The molecule has 2 aliphatic carbocycles. The number of carbonyl (C=O) groups excluding carboxylic acids is 1. The molecule has 0 amide bonds. The molecule has 0 heterocycles. The van der Waals surface area contributed by atoms with Crippen molar-refractivity contribution in [3.63, 3.8) is 0 Å². The summed E-state index contributed by atoms with van der Waals surface area (Å²) in [4.78, 5) is 12.9. The van der Waals surface area contributed by atoms with E-state index in [1.165, 1.54) is 12.1 Å². The molecule has 0 saturated heterocycles. The number of nitrogens with one attached hydrogen (secondary N) is 1. The maximum atomic E-state index is 12.9. The summed E-state index contributed by atoms with van der Waals surface area (Å²) in [5.41, 5.74) is 0.922. The number of halogens is 3. The Morgan fingerprint density at radius 3 is 2.50 bits per heavy atom. The van der Waals surface area contributed by atoms with Crippen molar-refractivity contribution in [2.24, 2.45) is 16.7 Å². The van der Waals surface area contributed by atoms with E-state index < -0.39 is 5.97 Å². The average molecular weight is 499 g/mol. The zero-order valence-corrected chi connectivity index (χ0v) is 20.4. The number of anilines is 1. The normalized spacial score (nSPS) is 25.7. The standard InChI is InChI=1S/C24H26Cl3NO4/c1-23(2)13-6-7-24(23,3)18(9-13)32-22(31)15-4-5-17(19(27)21(15)30)28-11-12-8-14(25)10-16(26)20(12)29/h4-5,8,10,13,18,28-30H,6-7,9,11H2,1-3H3. The van der Waals surface area contributed by atoms with Crippen LogP contribution in [0.25, 0.3) is 0 Å². The van der Waals surface area contributed by atoms with Gasteiger partial charge in [0.1, 0.15) is 22.4 Å². The Bertz CT molecular complexity index is 1090. The first kappa shape index (κ1) is 23.3. The molecule has 2 saturated carbocycles. The second-order valence-corrected chi connectivity index (χ2v) is 10.8. The second kappa shape index (κ2) is 8.19. The molecule has 0 radical (unpaired) electrons. The van der Waals surface area contributed by atoms with Crippen molar-refractivity contribution < 1.29 is 19.7 Å². The van der Waals surface area contributed by atoms with Crippen molar-refractivity contribution in [1.82, 2.24) is 0 Å². The summed E-state index contributed by atoms with van der Waals surface area (Å²) in [5.74, 6) is -0.482. The molecule has 32 heavy (non-hydrogen) atoms. The number of fused-ring (bicyclic) bond motifs is 2. The molecule has 2 bridgehead atoms. The van der Waals surface area contributed by atoms with E-state index in [9.17, 15) is 15.0 Å². The predicted molar refractivity (Wildman–Crippen MR) is 127 cm³/mol. The van der Waals surface area contributed by atoms with E-state index in [1.807, 2.05) is 0 Å². The number of ether oxygens (including phenoxy) is 1. The predicted octanol–water partition coefficient (Wildman–Crippen LogP) is 7.04. The molecule has 2 aromatic carbocycles. The molecule has 3 atom stereocenters. The van der Waals surface area contributed by atoms with E-state index in [1.54, 1.807) is 12.1 Å². The Morgan fingerprint density at radius 1 is 1.16 bits per heavy atom. The highest BCUT2D eigenvalue weighted by Gasteiger charge is 2.62. The topological polar surface area (TPSA) is 78.8 Å². The number of rotatable bonds is 5. The van der Waals surface area contributed by atoms with Crippen molar-refractivity contribution in [2.75, 3.05) is 5.32 Å². The van der Waals surface area contributed by atoms with E-state index >= 15 is 0 Å². The van der Waals surface area contributed by atoms with Gasteiger partial charge in [-0.25, -0.2) is 4.79 Å². The molecule has 2 aromatic rings. The SMILES string of the molecule is CC1(C)C2CCC1(C)C(OC(=O)c1ccc(NCc3cc(Cl)cc(Cl)c3O)c(Cl)c1O)C2. The van der Waals surface area contributed by atoms with Gasteiger partial charge in [0.2, 0.25) is 0 Å². The van der Waals surface area contributed by atoms with Crippen LogP contribution in [0.5, 0.6) is 11.5 Å². The van der Waals surface area contributed by atoms with Crippen LogP contribution < -0.4 is 5.32 Å². The van der Waals surface area contributed by atoms with Gasteiger partial charge >= 0.3 is 5.97 Å². The van der Waals surface area contributed by atoms with Gasteiger partial charge in [0, 0.05) is 22.5 Å². The van der Waals surface area contributed by atoms with Crippen LogP contribution >= 0.6 is 34.8 Å². The smallest absolute Gasteiger partial charge is 0.342 e. The molecule has 2 aliphatic rings. The molecule has 2 fully saturated rings. The third-order valence-electron chi connectivity index (χ3n) is 7.88.